The van der Waals surface area contributed by atoms with E-state index in [2.05, 4.69) is 21.2 Å². The molecule has 0 unspecified atom stereocenters. The van der Waals surface area contributed by atoms with Gasteiger partial charge in [0.25, 0.3) is 0 Å². The lowest BCUT2D eigenvalue weighted by Crippen LogP contribution is -1.97. The SMILES string of the molecule is O=C1/C(=C/Nc2cccc(Br)c2)Sc2ccccc21. The second-order valence-electron chi connectivity index (χ2n) is 4.09. The van der Waals surface area contributed by atoms with Crippen LogP contribution in [0.5, 0.6) is 0 Å². The van der Waals surface area contributed by atoms with E-state index >= 15 is 0 Å². The molecule has 2 aromatic carbocycles. The van der Waals surface area contributed by atoms with Gasteiger partial charge in [-0.2, -0.15) is 0 Å². The summed E-state index contributed by atoms with van der Waals surface area (Å²) >= 11 is 4.92. The van der Waals surface area contributed by atoms with Gasteiger partial charge in [-0.25, -0.2) is 0 Å². The largest absolute Gasteiger partial charge is 0.360 e. The summed E-state index contributed by atoms with van der Waals surface area (Å²) in [6, 6.07) is 15.5. The average molecular weight is 332 g/mol. The van der Waals surface area contributed by atoms with E-state index in [9.17, 15) is 4.79 Å². The molecule has 2 aromatic rings. The molecule has 3 rings (SSSR count). The summed E-state index contributed by atoms with van der Waals surface area (Å²) in [5.41, 5.74) is 1.74. The number of Topliss-reactive ketones (excluding diaryl/α,β-unsaturated/α-hetero) is 1. The Morgan fingerprint density at radius 3 is 2.74 bits per heavy atom. The molecule has 1 aliphatic rings. The van der Waals surface area contributed by atoms with Crippen molar-refractivity contribution in [1.82, 2.24) is 0 Å². The molecule has 1 heterocycles. The predicted molar refractivity (Wildman–Crippen MR) is 82.5 cm³/mol. The quantitative estimate of drug-likeness (QED) is 0.809. The molecule has 1 aliphatic heterocycles. The van der Waals surface area contributed by atoms with Crippen molar-refractivity contribution < 1.29 is 4.79 Å². The number of allylic oxidation sites excluding steroid dienone is 1. The van der Waals surface area contributed by atoms with Gasteiger partial charge in [0, 0.05) is 26.8 Å². The maximum absolute atomic E-state index is 12.1. The smallest absolute Gasteiger partial charge is 0.202 e. The lowest BCUT2D eigenvalue weighted by molar-refractivity contribution is 0.104. The second kappa shape index (κ2) is 5.23. The van der Waals surface area contributed by atoms with Crippen LogP contribution in [0, 0.1) is 0 Å². The third-order valence-corrected chi connectivity index (χ3v) is 4.36. The number of carbonyl (C=O) groups excluding carboxylic acids is 1. The van der Waals surface area contributed by atoms with Crippen molar-refractivity contribution in [2.45, 2.75) is 4.90 Å². The van der Waals surface area contributed by atoms with Crippen LogP contribution in [-0.4, -0.2) is 5.78 Å². The number of thioether (sulfide) groups is 1. The molecule has 0 aromatic heterocycles. The fraction of sp³-hybridized carbons (Fsp3) is 0. The van der Waals surface area contributed by atoms with E-state index in [1.807, 2.05) is 48.5 Å². The van der Waals surface area contributed by atoms with Crippen LogP contribution < -0.4 is 5.32 Å². The summed E-state index contributed by atoms with van der Waals surface area (Å²) in [6.45, 7) is 0. The summed E-state index contributed by atoms with van der Waals surface area (Å²) in [7, 11) is 0. The van der Waals surface area contributed by atoms with Gasteiger partial charge < -0.3 is 5.32 Å². The highest BCUT2D eigenvalue weighted by Crippen LogP contribution is 2.39. The Hall–Kier alpha value is -1.52. The molecule has 0 fully saturated rings. The zero-order chi connectivity index (χ0) is 13.2. The van der Waals surface area contributed by atoms with Crippen LogP contribution in [0.15, 0.2) is 69.0 Å². The minimum absolute atomic E-state index is 0.0862. The van der Waals surface area contributed by atoms with E-state index in [0.29, 0.717) is 0 Å². The maximum atomic E-state index is 12.1. The second-order valence-corrected chi connectivity index (χ2v) is 6.09. The van der Waals surface area contributed by atoms with Crippen LogP contribution in [0.3, 0.4) is 0 Å². The number of benzene rings is 2. The van der Waals surface area contributed by atoms with Crippen molar-refractivity contribution in [3.8, 4) is 0 Å². The first-order valence-electron chi connectivity index (χ1n) is 5.78. The highest BCUT2D eigenvalue weighted by molar-refractivity contribution is 9.10. The molecule has 1 N–H and O–H groups in total. The van der Waals surface area contributed by atoms with Gasteiger partial charge in [-0.1, -0.05) is 45.9 Å². The normalized spacial score (nSPS) is 15.6. The fourth-order valence-corrected chi connectivity index (χ4v) is 3.24. The van der Waals surface area contributed by atoms with Gasteiger partial charge >= 0.3 is 0 Å². The van der Waals surface area contributed by atoms with E-state index in [-0.39, 0.29) is 5.78 Å². The van der Waals surface area contributed by atoms with Gasteiger partial charge in [-0.15, -0.1) is 0 Å². The predicted octanol–water partition coefficient (Wildman–Crippen LogP) is 4.69. The molecule has 2 nitrogen and oxygen atoms in total. The third-order valence-electron chi connectivity index (χ3n) is 2.77. The van der Waals surface area contributed by atoms with E-state index in [0.717, 1.165) is 25.5 Å². The summed E-state index contributed by atoms with van der Waals surface area (Å²) in [6.07, 6.45) is 1.77. The lowest BCUT2D eigenvalue weighted by atomic mass is 10.1. The Bertz CT molecular complexity index is 681. The monoisotopic (exact) mass is 331 g/mol. The molecule has 0 saturated heterocycles. The number of rotatable bonds is 2. The highest BCUT2D eigenvalue weighted by atomic mass is 79.9. The zero-order valence-electron chi connectivity index (χ0n) is 9.89. The summed E-state index contributed by atoms with van der Waals surface area (Å²) in [5.74, 6) is 0.0862. The molecule has 94 valence electrons. The van der Waals surface area contributed by atoms with Crippen LogP contribution >= 0.6 is 27.7 Å². The highest BCUT2D eigenvalue weighted by Gasteiger charge is 2.24. The average Bonchev–Trinajstić information content (AvgIpc) is 2.74. The molecule has 4 heteroatoms. The number of ketones is 1. The van der Waals surface area contributed by atoms with Crippen molar-refractivity contribution >= 4 is 39.2 Å². The van der Waals surface area contributed by atoms with Crippen LogP contribution in [0.25, 0.3) is 0 Å². The van der Waals surface area contributed by atoms with Gasteiger partial charge in [-0.05, 0) is 30.3 Å². The molecule has 19 heavy (non-hydrogen) atoms. The molecular weight excluding hydrogens is 322 g/mol. The topological polar surface area (TPSA) is 29.1 Å². The third kappa shape index (κ3) is 2.60. The number of hydrogen-bond acceptors (Lipinski definition) is 3. The molecule has 0 saturated carbocycles. The molecule has 0 spiro atoms. The van der Waals surface area contributed by atoms with Crippen LogP contribution in [-0.2, 0) is 0 Å². The first kappa shape index (κ1) is 12.5. The summed E-state index contributed by atoms with van der Waals surface area (Å²) in [5, 5.41) is 3.16. The van der Waals surface area contributed by atoms with E-state index in [1.165, 1.54) is 11.8 Å². The molecule has 0 amide bonds. The molecule has 0 aliphatic carbocycles. The minimum atomic E-state index is 0.0862. The number of fused-ring (bicyclic) bond motifs is 1. The fourth-order valence-electron chi connectivity index (χ4n) is 1.86. The van der Waals surface area contributed by atoms with E-state index in [4.69, 9.17) is 0 Å². The summed E-state index contributed by atoms with van der Waals surface area (Å²) in [4.78, 5) is 13.9. The van der Waals surface area contributed by atoms with Crippen LogP contribution in [0.2, 0.25) is 0 Å². The van der Waals surface area contributed by atoms with Crippen molar-refractivity contribution in [1.29, 1.82) is 0 Å². The Kier molecular flexibility index (Phi) is 3.44. The lowest BCUT2D eigenvalue weighted by Gasteiger charge is -2.02. The zero-order valence-corrected chi connectivity index (χ0v) is 12.3. The van der Waals surface area contributed by atoms with Gasteiger partial charge in [0.05, 0.1) is 4.91 Å². The number of anilines is 1. The number of hydrogen-bond donors (Lipinski definition) is 1. The Balaban J connectivity index is 1.82. The Morgan fingerprint density at radius 1 is 1.11 bits per heavy atom. The van der Waals surface area contributed by atoms with Crippen molar-refractivity contribution in [2.75, 3.05) is 5.32 Å². The van der Waals surface area contributed by atoms with Gasteiger partial charge in [0.15, 0.2) is 0 Å². The number of halogens is 1. The molecule has 0 radical (unpaired) electrons. The van der Waals surface area contributed by atoms with E-state index < -0.39 is 0 Å². The van der Waals surface area contributed by atoms with Crippen LogP contribution in [0.4, 0.5) is 5.69 Å². The van der Waals surface area contributed by atoms with Crippen molar-refractivity contribution in [3.05, 3.63) is 69.7 Å². The number of nitrogens with one attached hydrogen (secondary N) is 1. The van der Waals surface area contributed by atoms with Gasteiger partial charge in [-0.3, -0.25) is 4.79 Å². The molecule has 0 bridgehead atoms. The van der Waals surface area contributed by atoms with Crippen molar-refractivity contribution in [2.24, 2.45) is 0 Å². The standard InChI is InChI=1S/C15H10BrNOS/c16-10-4-3-5-11(8-10)17-9-14-15(18)12-6-1-2-7-13(12)19-14/h1-9,17H/b14-9-. The Labute approximate surface area is 124 Å². The first-order valence-corrected chi connectivity index (χ1v) is 7.39. The number of carbonyl (C=O) groups is 1. The first-order chi connectivity index (χ1) is 9.24. The Morgan fingerprint density at radius 2 is 1.95 bits per heavy atom. The summed E-state index contributed by atoms with van der Waals surface area (Å²) < 4.78 is 1.00. The minimum Gasteiger partial charge on any atom is -0.360 e. The van der Waals surface area contributed by atoms with Crippen molar-refractivity contribution in [3.63, 3.8) is 0 Å². The molecular formula is C15H10BrNOS. The van der Waals surface area contributed by atoms with E-state index in [1.54, 1.807) is 6.20 Å². The maximum Gasteiger partial charge on any atom is 0.202 e. The van der Waals surface area contributed by atoms with Crippen LogP contribution in [0.1, 0.15) is 10.4 Å². The van der Waals surface area contributed by atoms with Gasteiger partial charge in [0.2, 0.25) is 5.78 Å². The van der Waals surface area contributed by atoms with Gasteiger partial charge in [0.1, 0.15) is 0 Å². The molecule has 0 atom stereocenters.